The quantitative estimate of drug-likeness (QED) is 0.491. The van der Waals surface area contributed by atoms with Crippen molar-refractivity contribution in [3.8, 4) is 0 Å². The van der Waals surface area contributed by atoms with Crippen LogP contribution in [-0.4, -0.2) is 60.1 Å². The Hall–Kier alpha value is -2.10. The topological polar surface area (TPSA) is 141 Å². The van der Waals surface area contributed by atoms with Crippen LogP contribution in [0.1, 0.15) is 12.1 Å². The highest BCUT2D eigenvalue weighted by atomic mass is 32.2. The monoisotopic (exact) mass is 318 g/mol. The Morgan fingerprint density at radius 3 is 2.71 bits per heavy atom. The van der Waals surface area contributed by atoms with Crippen LogP contribution in [0.4, 0.5) is 4.79 Å². The van der Waals surface area contributed by atoms with Crippen molar-refractivity contribution in [1.29, 1.82) is 0 Å². The number of nitrogens with zero attached hydrogens (tertiary/aromatic N) is 1. The number of nitrogens with one attached hydrogen (secondary N) is 3. The molecule has 0 aliphatic heterocycles. The molecule has 1 aromatic heterocycles. The molecule has 0 bridgehead atoms. The molecule has 0 radical (unpaired) electrons. The minimum Gasteiger partial charge on any atom is -0.480 e. The van der Waals surface area contributed by atoms with Gasteiger partial charge in [-0.1, -0.05) is 0 Å². The van der Waals surface area contributed by atoms with Crippen LogP contribution in [0.2, 0.25) is 0 Å². The number of carbonyl (C=O) groups is 2. The number of aliphatic carboxylic acids is 1. The van der Waals surface area contributed by atoms with Crippen LogP contribution < -0.4 is 10.6 Å². The maximum Gasteiger partial charge on any atom is 0.326 e. The van der Waals surface area contributed by atoms with Gasteiger partial charge in [0.05, 0.1) is 12.1 Å². The second-order valence-corrected chi connectivity index (χ2v) is 6.80. The van der Waals surface area contributed by atoms with Gasteiger partial charge in [-0.15, -0.1) is 0 Å². The van der Waals surface area contributed by atoms with Crippen LogP contribution in [0.25, 0.3) is 0 Å². The van der Waals surface area contributed by atoms with Gasteiger partial charge in [0.25, 0.3) is 0 Å². The lowest BCUT2D eigenvalue weighted by Gasteiger charge is -2.14. The predicted molar refractivity (Wildman–Crippen MR) is 74.6 cm³/mol. The van der Waals surface area contributed by atoms with E-state index >= 15 is 0 Å². The van der Waals surface area contributed by atoms with Crippen LogP contribution in [0.5, 0.6) is 0 Å². The summed E-state index contributed by atoms with van der Waals surface area (Å²) in [5, 5.41) is 13.7. The Morgan fingerprint density at radius 2 is 2.19 bits per heavy atom. The third-order valence-corrected chi connectivity index (χ3v) is 3.59. The molecule has 0 spiro atoms. The minimum atomic E-state index is -3.28. The summed E-state index contributed by atoms with van der Waals surface area (Å²) in [6.07, 6.45) is 4.49. The van der Waals surface area contributed by atoms with Gasteiger partial charge in [0.15, 0.2) is 0 Å². The first kappa shape index (κ1) is 17.0. The molecule has 0 aromatic carbocycles. The lowest BCUT2D eigenvalue weighted by molar-refractivity contribution is -0.139. The number of carboxylic acid groups (broad SMARTS) is 1. The number of carbonyl (C=O) groups excluding carboxylic acids is 1. The summed E-state index contributed by atoms with van der Waals surface area (Å²) in [4.78, 5) is 29.2. The molecule has 10 heteroatoms. The van der Waals surface area contributed by atoms with Gasteiger partial charge in [0, 0.05) is 31.1 Å². The fourth-order valence-corrected chi connectivity index (χ4v) is 2.19. The van der Waals surface area contributed by atoms with Crippen molar-refractivity contribution in [2.45, 2.75) is 18.9 Å². The normalized spacial score (nSPS) is 12.6. The van der Waals surface area contributed by atoms with Crippen LogP contribution in [-0.2, 0) is 21.1 Å². The third kappa shape index (κ3) is 7.30. The van der Waals surface area contributed by atoms with Crippen LogP contribution in [0.15, 0.2) is 12.5 Å². The number of hydrogen-bond acceptors (Lipinski definition) is 5. The van der Waals surface area contributed by atoms with Crippen molar-refractivity contribution < 1.29 is 23.1 Å². The molecule has 21 heavy (non-hydrogen) atoms. The van der Waals surface area contributed by atoms with E-state index in [9.17, 15) is 18.0 Å². The molecule has 9 nitrogen and oxygen atoms in total. The van der Waals surface area contributed by atoms with Crippen LogP contribution in [0.3, 0.4) is 0 Å². The first-order valence-electron chi connectivity index (χ1n) is 6.20. The molecule has 118 valence electrons. The van der Waals surface area contributed by atoms with Crippen LogP contribution in [0, 0.1) is 0 Å². The second kappa shape index (κ2) is 7.62. The summed E-state index contributed by atoms with van der Waals surface area (Å²) in [7, 11) is -3.28. The number of amides is 2. The van der Waals surface area contributed by atoms with E-state index < -0.39 is 27.9 Å². The predicted octanol–water partition coefficient (Wildman–Crippen LogP) is -0.861. The zero-order valence-corrected chi connectivity index (χ0v) is 12.3. The van der Waals surface area contributed by atoms with E-state index in [1.807, 2.05) is 0 Å². The lowest BCUT2D eigenvalue weighted by Crippen LogP contribution is -2.47. The molecule has 0 saturated carbocycles. The van der Waals surface area contributed by atoms with E-state index in [4.69, 9.17) is 5.11 Å². The number of imidazole rings is 1. The first-order valence-corrected chi connectivity index (χ1v) is 8.26. The van der Waals surface area contributed by atoms with Crippen molar-refractivity contribution in [1.82, 2.24) is 20.6 Å². The molecule has 2 amide bonds. The molecule has 0 aliphatic rings. The summed E-state index contributed by atoms with van der Waals surface area (Å²) in [6, 6.07) is -1.90. The van der Waals surface area contributed by atoms with Gasteiger partial charge in [-0.25, -0.2) is 23.0 Å². The van der Waals surface area contributed by atoms with Crippen LogP contribution >= 0.6 is 0 Å². The van der Waals surface area contributed by atoms with Gasteiger partial charge in [0.2, 0.25) is 0 Å². The standard InChI is InChI=1S/C11H18N4O5S/c1-21(19,20)5-3-9(10(16)17)15-11(18)13-4-2-8-6-12-7-14-8/h6-7,9H,2-5H2,1H3,(H,12,14)(H,16,17)(H2,13,15,18). The highest BCUT2D eigenvalue weighted by Crippen LogP contribution is 1.97. The van der Waals surface area contributed by atoms with Gasteiger partial charge < -0.3 is 20.7 Å². The number of H-pyrrole nitrogens is 1. The van der Waals surface area contributed by atoms with Crippen molar-refractivity contribution in [3.05, 3.63) is 18.2 Å². The van der Waals surface area contributed by atoms with Gasteiger partial charge in [-0.05, 0) is 6.42 Å². The number of rotatable bonds is 8. The second-order valence-electron chi connectivity index (χ2n) is 4.54. The minimum absolute atomic E-state index is 0.178. The number of carboxylic acids is 1. The summed E-state index contributed by atoms with van der Waals surface area (Å²) >= 11 is 0. The van der Waals surface area contributed by atoms with E-state index in [2.05, 4.69) is 20.6 Å². The summed E-state index contributed by atoms with van der Waals surface area (Å²) in [5.74, 6) is -1.58. The van der Waals surface area contributed by atoms with Gasteiger partial charge in [0.1, 0.15) is 15.9 Å². The average molecular weight is 318 g/mol. The Morgan fingerprint density at radius 1 is 1.48 bits per heavy atom. The smallest absolute Gasteiger partial charge is 0.326 e. The highest BCUT2D eigenvalue weighted by Gasteiger charge is 2.21. The summed E-state index contributed by atoms with van der Waals surface area (Å²) < 4.78 is 22.0. The number of aromatic amines is 1. The molecule has 1 atom stereocenters. The molecule has 1 rings (SSSR count). The number of sulfone groups is 1. The molecular weight excluding hydrogens is 300 g/mol. The maximum atomic E-state index is 11.6. The van der Waals surface area contributed by atoms with Gasteiger partial charge >= 0.3 is 12.0 Å². The third-order valence-electron chi connectivity index (χ3n) is 2.62. The van der Waals surface area contributed by atoms with Gasteiger partial charge in [-0.2, -0.15) is 0 Å². The lowest BCUT2D eigenvalue weighted by atomic mass is 10.2. The fraction of sp³-hybridized carbons (Fsp3) is 0.545. The van der Waals surface area contributed by atoms with E-state index in [0.717, 1.165) is 11.9 Å². The molecule has 1 heterocycles. The van der Waals surface area contributed by atoms with E-state index in [-0.39, 0.29) is 12.2 Å². The number of aromatic nitrogens is 2. The van der Waals surface area contributed by atoms with E-state index in [0.29, 0.717) is 13.0 Å². The first-order chi connectivity index (χ1) is 9.78. The maximum absolute atomic E-state index is 11.6. The van der Waals surface area contributed by atoms with Crippen molar-refractivity contribution in [2.75, 3.05) is 18.6 Å². The SMILES string of the molecule is CS(=O)(=O)CCC(NC(=O)NCCc1cnc[nH]1)C(=O)O. The van der Waals surface area contributed by atoms with Crippen molar-refractivity contribution in [2.24, 2.45) is 0 Å². The number of hydrogen-bond donors (Lipinski definition) is 4. The molecule has 0 saturated heterocycles. The summed E-state index contributed by atoms with van der Waals surface area (Å²) in [6.45, 7) is 0.298. The fourth-order valence-electron chi connectivity index (χ4n) is 1.53. The molecule has 1 unspecified atom stereocenters. The van der Waals surface area contributed by atoms with E-state index in [1.54, 1.807) is 6.20 Å². The largest absolute Gasteiger partial charge is 0.480 e. The Balaban J connectivity index is 2.36. The Labute approximate surface area is 122 Å². The Bertz CT molecular complexity index is 569. The van der Waals surface area contributed by atoms with Crippen molar-refractivity contribution in [3.63, 3.8) is 0 Å². The molecule has 1 aromatic rings. The van der Waals surface area contributed by atoms with Gasteiger partial charge in [-0.3, -0.25) is 0 Å². The zero-order chi connectivity index (χ0) is 15.9. The molecule has 0 fully saturated rings. The molecular formula is C11H18N4O5S. The summed E-state index contributed by atoms with van der Waals surface area (Å²) in [5.41, 5.74) is 0.835. The Kier molecular flexibility index (Phi) is 6.15. The van der Waals surface area contributed by atoms with Crippen molar-refractivity contribution >= 4 is 21.8 Å². The highest BCUT2D eigenvalue weighted by molar-refractivity contribution is 7.90. The molecule has 4 N–H and O–H groups in total. The molecule has 0 aliphatic carbocycles. The van der Waals surface area contributed by atoms with E-state index in [1.165, 1.54) is 6.33 Å². The number of urea groups is 1. The zero-order valence-electron chi connectivity index (χ0n) is 11.5. The average Bonchev–Trinajstić information content (AvgIpc) is 2.86.